The van der Waals surface area contributed by atoms with E-state index >= 15 is 4.39 Å². The standard InChI is InChI=1S/C28H39F/c1-3-5-6-9-23-11-13-24(14-12-23)25-10-7-8-16-28(25,29)27-20-17-26(15-4-2,18-21-27)19-22-27/h7-8,10-14,16,25H,3-6,9,15,17-22H2,1-2H3. The summed E-state index contributed by atoms with van der Waals surface area (Å²) >= 11 is 0. The average Bonchev–Trinajstić information content (AvgIpc) is 2.76. The van der Waals surface area contributed by atoms with Gasteiger partial charge in [-0.3, -0.25) is 0 Å². The van der Waals surface area contributed by atoms with Crippen LogP contribution < -0.4 is 0 Å². The van der Waals surface area contributed by atoms with Gasteiger partial charge in [0.15, 0.2) is 0 Å². The Bertz CT molecular complexity index is 716. The van der Waals surface area contributed by atoms with Crippen LogP contribution in [0.4, 0.5) is 4.39 Å². The molecule has 0 saturated heterocycles. The first kappa shape index (κ1) is 20.9. The molecule has 158 valence electrons. The maximum atomic E-state index is 17.0. The second kappa shape index (κ2) is 8.40. The van der Waals surface area contributed by atoms with Crippen LogP contribution in [0, 0.1) is 10.8 Å². The summed E-state index contributed by atoms with van der Waals surface area (Å²) < 4.78 is 17.0. The van der Waals surface area contributed by atoms with Gasteiger partial charge in [-0.15, -0.1) is 0 Å². The van der Waals surface area contributed by atoms with Crippen LogP contribution in [-0.4, -0.2) is 5.67 Å². The number of alkyl halides is 1. The number of rotatable bonds is 8. The Morgan fingerprint density at radius 1 is 0.862 bits per heavy atom. The molecule has 1 aromatic carbocycles. The van der Waals surface area contributed by atoms with Crippen molar-refractivity contribution in [1.29, 1.82) is 0 Å². The molecule has 3 fully saturated rings. The molecule has 2 atom stereocenters. The van der Waals surface area contributed by atoms with E-state index in [0.717, 1.165) is 31.2 Å². The van der Waals surface area contributed by atoms with Gasteiger partial charge >= 0.3 is 0 Å². The van der Waals surface area contributed by atoms with Gasteiger partial charge in [-0.05, 0) is 80.4 Å². The lowest BCUT2D eigenvalue weighted by Gasteiger charge is -2.59. The Morgan fingerprint density at radius 2 is 1.55 bits per heavy atom. The zero-order valence-electron chi connectivity index (χ0n) is 18.6. The second-order valence-electron chi connectivity index (χ2n) is 10.2. The molecule has 1 aromatic rings. The van der Waals surface area contributed by atoms with Crippen LogP contribution in [0.1, 0.15) is 102 Å². The summed E-state index contributed by atoms with van der Waals surface area (Å²) in [5.41, 5.74) is 1.65. The molecule has 0 amide bonds. The Labute approximate surface area is 177 Å². The number of unbranched alkanes of at least 4 members (excludes halogenated alkanes) is 2. The Hall–Kier alpha value is -1.37. The number of hydrogen-bond acceptors (Lipinski definition) is 0. The molecule has 4 aliphatic carbocycles. The van der Waals surface area contributed by atoms with Crippen molar-refractivity contribution in [3.63, 3.8) is 0 Å². The zero-order valence-corrected chi connectivity index (χ0v) is 18.6. The van der Waals surface area contributed by atoms with Crippen LogP contribution in [0.3, 0.4) is 0 Å². The first-order valence-electron chi connectivity index (χ1n) is 12.2. The number of aryl methyl sites for hydroxylation is 1. The van der Waals surface area contributed by atoms with Crippen molar-refractivity contribution in [2.24, 2.45) is 10.8 Å². The van der Waals surface area contributed by atoms with Crippen molar-refractivity contribution in [2.75, 3.05) is 0 Å². The lowest BCUT2D eigenvalue weighted by molar-refractivity contribution is -0.100. The van der Waals surface area contributed by atoms with E-state index in [1.807, 2.05) is 12.2 Å². The van der Waals surface area contributed by atoms with E-state index in [0.29, 0.717) is 5.41 Å². The third kappa shape index (κ3) is 3.75. The SMILES string of the molecule is CCCCCc1ccc(C2C=CC=CC2(F)C23CCC(CCC)(CC2)CC3)cc1. The van der Waals surface area contributed by atoms with Gasteiger partial charge in [0.05, 0.1) is 0 Å². The van der Waals surface area contributed by atoms with Crippen molar-refractivity contribution < 1.29 is 4.39 Å². The fourth-order valence-corrected chi connectivity index (χ4v) is 6.69. The number of halogens is 1. The zero-order chi connectivity index (χ0) is 20.4. The molecule has 5 rings (SSSR count). The normalized spacial score (nSPS) is 35.9. The van der Waals surface area contributed by atoms with E-state index in [2.05, 4.69) is 50.3 Å². The van der Waals surface area contributed by atoms with E-state index in [9.17, 15) is 0 Å². The van der Waals surface area contributed by atoms with Gasteiger partial charge in [0.25, 0.3) is 0 Å². The third-order valence-corrected chi connectivity index (χ3v) is 8.61. The molecular formula is C28H39F. The predicted molar refractivity (Wildman–Crippen MR) is 122 cm³/mol. The summed E-state index contributed by atoms with van der Waals surface area (Å²) in [7, 11) is 0. The largest absolute Gasteiger partial charge is 0.238 e. The Kier molecular flexibility index (Phi) is 6.05. The minimum atomic E-state index is -1.25. The summed E-state index contributed by atoms with van der Waals surface area (Å²) in [6.45, 7) is 4.55. The average molecular weight is 395 g/mol. The van der Waals surface area contributed by atoms with Crippen molar-refractivity contribution >= 4 is 0 Å². The highest BCUT2D eigenvalue weighted by atomic mass is 19.1. The third-order valence-electron chi connectivity index (χ3n) is 8.61. The van der Waals surface area contributed by atoms with Crippen molar-refractivity contribution in [3.05, 3.63) is 59.7 Å². The molecule has 0 aliphatic heterocycles. The Morgan fingerprint density at radius 3 is 2.17 bits per heavy atom. The van der Waals surface area contributed by atoms with Crippen LogP contribution >= 0.6 is 0 Å². The molecular weight excluding hydrogens is 355 g/mol. The fraction of sp³-hybridized carbons (Fsp3) is 0.643. The molecule has 0 nitrogen and oxygen atoms in total. The minimum absolute atomic E-state index is 0.144. The topological polar surface area (TPSA) is 0 Å². The van der Waals surface area contributed by atoms with E-state index in [1.54, 1.807) is 0 Å². The van der Waals surface area contributed by atoms with Crippen molar-refractivity contribution in [1.82, 2.24) is 0 Å². The van der Waals surface area contributed by atoms with Crippen LogP contribution in [-0.2, 0) is 6.42 Å². The van der Waals surface area contributed by atoms with Gasteiger partial charge in [-0.25, -0.2) is 4.39 Å². The van der Waals surface area contributed by atoms with Gasteiger partial charge in [-0.2, -0.15) is 0 Å². The molecule has 0 heterocycles. The van der Waals surface area contributed by atoms with Gasteiger partial charge < -0.3 is 0 Å². The number of benzene rings is 1. The van der Waals surface area contributed by atoms with E-state index < -0.39 is 5.67 Å². The summed E-state index contributed by atoms with van der Waals surface area (Å²) in [5, 5.41) is 0. The van der Waals surface area contributed by atoms with E-state index in [1.165, 1.54) is 56.9 Å². The Balaban J connectivity index is 1.55. The van der Waals surface area contributed by atoms with E-state index in [4.69, 9.17) is 0 Å². The van der Waals surface area contributed by atoms with Gasteiger partial charge in [0.2, 0.25) is 0 Å². The number of hydrogen-bond donors (Lipinski definition) is 0. The van der Waals surface area contributed by atoms with Gasteiger partial charge in [0, 0.05) is 11.3 Å². The molecule has 0 N–H and O–H groups in total. The van der Waals surface area contributed by atoms with Crippen molar-refractivity contribution in [3.8, 4) is 0 Å². The van der Waals surface area contributed by atoms with Crippen molar-refractivity contribution in [2.45, 2.75) is 102 Å². The quantitative estimate of drug-likeness (QED) is 0.388. The monoisotopic (exact) mass is 394 g/mol. The number of allylic oxidation sites excluding steroid dienone is 4. The first-order valence-corrected chi connectivity index (χ1v) is 12.2. The second-order valence-corrected chi connectivity index (χ2v) is 10.2. The molecule has 29 heavy (non-hydrogen) atoms. The molecule has 4 aliphatic rings. The lowest BCUT2D eigenvalue weighted by Crippen LogP contribution is -2.55. The smallest absolute Gasteiger partial charge is 0.145 e. The highest BCUT2D eigenvalue weighted by Gasteiger charge is 2.60. The number of fused-ring (bicyclic) bond motifs is 3. The summed E-state index contributed by atoms with van der Waals surface area (Å²) in [5.74, 6) is -0.144. The minimum Gasteiger partial charge on any atom is -0.238 e. The van der Waals surface area contributed by atoms with Gasteiger partial charge in [-0.1, -0.05) is 75.6 Å². The fourth-order valence-electron chi connectivity index (χ4n) is 6.69. The molecule has 2 bridgehead atoms. The molecule has 0 spiro atoms. The van der Waals surface area contributed by atoms with Crippen LogP contribution in [0.15, 0.2) is 48.6 Å². The highest BCUT2D eigenvalue weighted by Crippen LogP contribution is 2.66. The van der Waals surface area contributed by atoms with Crippen LogP contribution in [0.25, 0.3) is 0 Å². The highest BCUT2D eigenvalue weighted by molar-refractivity contribution is 5.40. The summed E-state index contributed by atoms with van der Waals surface area (Å²) in [4.78, 5) is 0. The molecule has 1 heteroatoms. The summed E-state index contributed by atoms with van der Waals surface area (Å²) in [6, 6.07) is 8.88. The molecule has 3 saturated carbocycles. The summed E-state index contributed by atoms with van der Waals surface area (Å²) in [6.07, 6.45) is 22.5. The maximum absolute atomic E-state index is 17.0. The molecule has 0 radical (unpaired) electrons. The molecule has 0 aromatic heterocycles. The molecule has 2 unspecified atom stereocenters. The van der Waals surface area contributed by atoms with E-state index in [-0.39, 0.29) is 11.3 Å². The van der Waals surface area contributed by atoms with Gasteiger partial charge in [0.1, 0.15) is 5.67 Å². The first-order chi connectivity index (χ1) is 14.1. The maximum Gasteiger partial charge on any atom is 0.145 e. The lowest BCUT2D eigenvalue weighted by atomic mass is 9.46. The van der Waals surface area contributed by atoms with Crippen LogP contribution in [0.5, 0.6) is 0 Å². The predicted octanol–water partition coefficient (Wildman–Crippen LogP) is 8.48. The van der Waals surface area contributed by atoms with Crippen LogP contribution in [0.2, 0.25) is 0 Å².